The van der Waals surface area contributed by atoms with E-state index in [4.69, 9.17) is 23.7 Å². The number of ether oxygens (including phenoxy) is 5. The molecule has 1 unspecified atom stereocenters. The third kappa shape index (κ3) is 8.49. The largest absolute Gasteiger partial charge is 0.504 e. The summed E-state index contributed by atoms with van der Waals surface area (Å²) in [6.45, 7) is -1.38. The molecule has 18 heteroatoms. The van der Waals surface area contributed by atoms with Crippen LogP contribution < -0.4 is 9.47 Å². The van der Waals surface area contributed by atoms with Crippen LogP contribution in [0.15, 0.2) is 42.5 Å². The van der Waals surface area contributed by atoms with Gasteiger partial charge in [-0.15, -0.1) is 0 Å². The van der Waals surface area contributed by atoms with Crippen molar-refractivity contribution in [1.82, 2.24) is 0 Å². The summed E-state index contributed by atoms with van der Waals surface area (Å²) < 4.78 is 26.3. The van der Waals surface area contributed by atoms with E-state index in [2.05, 4.69) is 0 Å². The maximum Gasteiger partial charge on any atom is 0.345 e. The quantitative estimate of drug-likeness (QED) is 0.0771. The maximum atomic E-state index is 12.4. The standard InChI is InChI=1S/C30H36O18/c31-10-19-22(36)24(38)26(40)29(47-19)45-16-4-1-12(7-14(16)33)3-6-21(35)44-18(28(42)43)9-13-2-5-17(15(34)8-13)46-30-27(41)25(39)23(37)20(11-32)48-30/h1-8,18-20,22-27,29-34,36-41H,9-11H2,(H,42,43)/b6-3+/t18?,19-,20-,22-,23-,24+,25+,26-,27-,29-,30-/m1/s1. The van der Waals surface area contributed by atoms with E-state index in [-0.39, 0.29) is 22.6 Å². The smallest absolute Gasteiger partial charge is 0.345 e. The number of hydrogen-bond acceptors (Lipinski definition) is 17. The third-order valence-corrected chi connectivity index (χ3v) is 7.56. The molecule has 0 saturated carbocycles. The highest BCUT2D eigenvalue weighted by atomic mass is 16.7. The Morgan fingerprint density at radius 2 is 1.23 bits per heavy atom. The van der Waals surface area contributed by atoms with E-state index in [0.29, 0.717) is 0 Å². The number of aliphatic hydroxyl groups is 8. The van der Waals surface area contributed by atoms with Crippen LogP contribution in [-0.4, -0.2) is 149 Å². The molecule has 0 amide bonds. The number of carbonyl (C=O) groups excluding carboxylic acids is 1. The molecule has 0 bridgehead atoms. The minimum atomic E-state index is -1.74. The predicted octanol–water partition coefficient (Wildman–Crippen LogP) is -3.29. The van der Waals surface area contributed by atoms with Crippen LogP contribution in [0.25, 0.3) is 6.08 Å². The van der Waals surface area contributed by atoms with Gasteiger partial charge >= 0.3 is 11.9 Å². The lowest BCUT2D eigenvalue weighted by Gasteiger charge is -2.39. The molecule has 2 aliphatic rings. The number of aliphatic carboxylic acids is 1. The second-order valence-electron chi connectivity index (χ2n) is 11.0. The lowest BCUT2D eigenvalue weighted by atomic mass is 9.99. The molecule has 11 atom stereocenters. The number of aromatic hydroxyl groups is 2. The lowest BCUT2D eigenvalue weighted by Crippen LogP contribution is -2.60. The van der Waals surface area contributed by atoms with Crippen LogP contribution in [0.1, 0.15) is 11.1 Å². The monoisotopic (exact) mass is 684 g/mol. The fourth-order valence-electron chi connectivity index (χ4n) is 4.84. The van der Waals surface area contributed by atoms with E-state index >= 15 is 0 Å². The normalized spacial score (nSPS) is 31.2. The van der Waals surface area contributed by atoms with Gasteiger partial charge in [0.05, 0.1) is 13.2 Å². The van der Waals surface area contributed by atoms with Gasteiger partial charge in [-0.3, -0.25) is 0 Å². The first-order valence-corrected chi connectivity index (χ1v) is 14.4. The molecule has 2 aliphatic heterocycles. The summed E-state index contributed by atoms with van der Waals surface area (Å²) in [5, 5.41) is 109. The van der Waals surface area contributed by atoms with Gasteiger partial charge in [0.2, 0.25) is 18.7 Å². The van der Waals surface area contributed by atoms with Crippen molar-refractivity contribution in [2.45, 2.75) is 73.9 Å². The summed E-state index contributed by atoms with van der Waals surface area (Å²) in [6.07, 6.45) is -15.7. The second-order valence-corrected chi connectivity index (χ2v) is 11.0. The zero-order valence-corrected chi connectivity index (χ0v) is 24.9. The number of carboxylic acids is 1. The number of phenolic OH excluding ortho intramolecular Hbond substituents is 2. The lowest BCUT2D eigenvalue weighted by molar-refractivity contribution is -0.277. The first kappa shape index (κ1) is 36.8. The minimum Gasteiger partial charge on any atom is -0.504 e. The molecule has 2 aromatic rings. The van der Waals surface area contributed by atoms with Gasteiger partial charge in [0.25, 0.3) is 0 Å². The molecule has 2 heterocycles. The number of benzene rings is 2. The SMILES string of the molecule is O=C(/C=C/c1ccc(O[C@@H]2O[C@H](CO)[C@@H](O)[C@H](O)[C@H]2O)c(O)c1)OC(Cc1ccc(O[C@@H]2O[C@H](CO)[C@@H](O)[C@H](O)[C@H]2O)c(O)c1)C(=O)O. The van der Waals surface area contributed by atoms with E-state index in [1.807, 2.05) is 0 Å². The molecule has 11 N–H and O–H groups in total. The number of esters is 1. The first-order valence-electron chi connectivity index (χ1n) is 14.4. The molecule has 2 saturated heterocycles. The van der Waals surface area contributed by atoms with E-state index in [1.54, 1.807) is 0 Å². The molecule has 0 aromatic heterocycles. The Balaban J connectivity index is 1.35. The molecule has 2 fully saturated rings. The van der Waals surface area contributed by atoms with Crippen molar-refractivity contribution in [3.63, 3.8) is 0 Å². The number of phenols is 2. The maximum absolute atomic E-state index is 12.4. The van der Waals surface area contributed by atoms with Crippen molar-refractivity contribution in [3.8, 4) is 23.0 Å². The van der Waals surface area contributed by atoms with Crippen LogP contribution in [0.3, 0.4) is 0 Å². The van der Waals surface area contributed by atoms with Gasteiger partial charge < -0.3 is 79.9 Å². The van der Waals surface area contributed by atoms with Crippen LogP contribution in [0.5, 0.6) is 23.0 Å². The third-order valence-electron chi connectivity index (χ3n) is 7.56. The number of aliphatic hydroxyl groups excluding tert-OH is 8. The van der Waals surface area contributed by atoms with Crippen molar-refractivity contribution in [3.05, 3.63) is 53.6 Å². The van der Waals surface area contributed by atoms with Gasteiger partial charge in [0, 0.05) is 12.5 Å². The summed E-state index contributed by atoms with van der Waals surface area (Å²) in [7, 11) is 0. The fraction of sp³-hybridized carbons (Fsp3) is 0.467. The van der Waals surface area contributed by atoms with Crippen LogP contribution in [0.4, 0.5) is 0 Å². The number of carbonyl (C=O) groups is 2. The van der Waals surface area contributed by atoms with Crippen molar-refractivity contribution < 1.29 is 89.4 Å². The van der Waals surface area contributed by atoms with Crippen LogP contribution in [0.2, 0.25) is 0 Å². The highest BCUT2D eigenvalue weighted by molar-refractivity contribution is 5.89. The summed E-state index contributed by atoms with van der Waals surface area (Å²) in [6, 6.07) is 7.39. The minimum absolute atomic E-state index is 0.192. The van der Waals surface area contributed by atoms with Crippen molar-refractivity contribution in [2.75, 3.05) is 13.2 Å². The van der Waals surface area contributed by atoms with E-state index in [0.717, 1.165) is 18.2 Å². The molecule has 0 spiro atoms. The second kappa shape index (κ2) is 15.9. The topological polar surface area (TPSA) is 303 Å². The van der Waals surface area contributed by atoms with Crippen LogP contribution in [0, 0.1) is 0 Å². The van der Waals surface area contributed by atoms with Gasteiger partial charge in [0.1, 0.15) is 48.8 Å². The molecule has 2 aromatic carbocycles. The number of rotatable bonds is 12. The number of hydrogen-bond donors (Lipinski definition) is 11. The average molecular weight is 685 g/mol. The Labute approximate surface area is 271 Å². The summed E-state index contributed by atoms with van der Waals surface area (Å²) in [5.41, 5.74) is 0.426. The predicted molar refractivity (Wildman–Crippen MR) is 155 cm³/mol. The molecular formula is C30H36O18. The first-order chi connectivity index (χ1) is 22.7. The highest BCUT2D eigenvalue weighted by Crippen LogP contribution is 2.33. The Bertz CT molecular complexity index is 1440. The van der Waals surface area contributed by atoms with Crippen LogP contribution in [-0.2, 0) is 30.2 Å². The van der Waals surface area contributed by atoms with Crippen molar-refractivity contribution in [2.24, 2.45) is 0 Å². The van der Waals surface area contributed by atoms with Gasteiger partial charge in [0.15, 0.2) is 23.0 Å². The van der Waals surface area contributed by atoms with Gasteiger partial charge in [-0.25, -0.2) is 9.59 Å². The fourth-order valence-corrected chi connectivity index (χ4v) is 4.84. The molecule has 0 radical (unpaired) electrons. The highest BCUT2D eigenvalue weighted by Gasteiger charge is 2.46. The Morgan fingerprint density at radius 1 is 0.729 bits per heavy atom. The molecule has 48 heavy (non-hydrogen) atoms. The zero-order chi connectivity index (χ0) is 35.3. The zero-order valence-electron chi connectivity index (χ0n) is 24.9. The molecule has 0 aliphatic carbocycles. The molecule has 264 valence electrons. The Kier molecular flexibility index (Phi) is 12.2. The summed E-state index contributed by atoms with van der Waals surface area (Å²) in [4.78, 5) is 24.2. The Hall–Kier alpha value is -4.08. The molecule has 4 rings (SSSR count). The van der Waals surface area contributed by atoms with Crippen molar-refractivity contribution in [1.29, 1.82) is 0 Å². The van der Waals surface area contributed by atoms with Gasteiger partial charge in [-0.05, 0) is 41.5 Å². The summed E-state index contributed by atoms with van der Waals surface area (Å²) >= 11 is 0. The number of carboxylic acid groups (broad SMARTS) is 1. The van der Waals surface area contributed by atoms with E-state index in [9.17, 15) is 65.8 Å². The summed E-state index contributed by atoms with van der Waals surface area (Å²) in [5.74, 6) is -4.05. The average Bonchev–Trinajstić information content (AvgIpc) is 3.05. The Morgan fingerprint density at radius 3 is 1.69 bits per heavy atom. The molecular weight excluding hydrogens is 648 g/mol. The van der Waals surface area contributed by atoms with Crippen molar-refractivity contribution >= 4 is 18.0 Å². The molecule has 18 nitrogen and oxygen atoms in total. The van der Waals surface area contributed by atoms with Crippen LogP contribution >= 0.6 is 0 Å². The van der Waals surface area contributed by atoms with E-state index in [1.165, 1.54) is 30.3 Å². The van der Waals surface area contributed by atoms with Gasteiger partial charge in [-0.1, -0.05) is 12.1 Å². The van der Waals surface area contributed by atoms with E-state index < -0.39 is 111 Å². The van der Waals surface area contributed by atoms with Gasteiger partial charge in [-0.2, -0.15) is 0 Å².